The molecule has 1 rings (SSSR count). The smallest absolute Gasteiger partial charge is 0.271 e. The first-order valence-electron chi connectivity index (χ1n) is 3.54. The van der Waals surface area contributed by atoms with Crippen molar-refractivity contribution in [1.29, 1.82) is 0 Å². The highest BCUT2D eigenvalue weighted by Crippen LogP contribution is 2.35. The summed E-state index contributed by atoms with van der Waals surface area (Å²) in [6.45, 7) is 0. The summed E-state index contributed by atoms with van der Waals surface area (Å²) < 4.78 is 34.4. The minimum atomic E-state index is -2.63. The lowest BCUT2D eigenvalue weighted by Crippen LogP contribution is -1.98. The number of hydrogen-bond acceptors (Lipinski definition) is 3. The zero-order chi connectivity index (χ0) is 9.84. The molecule has 0 saturated heterocycles. The summed E-state index contributed by atoms with van der Waals surface area (Å²) in [6, 6.07) is 0. The van der Waals surface area contributed by atoms with Gasteiger partial charge in [-0.1, -0.05) is 0 Å². The van der Waals surface area contributed by atoms with Crippen LogP contribution in [0.25, 0.3) is 0 Å². The van der Waals surface area contributed by atoms with Gasteiger partial charge in [0.15, 0.2) is 0 Å². The van der Waals surface area contributed by atoms with Gasteiger partial charge in [0.2, 0.25) is 0 Å². The maximum atomic E-state index is 12.5. The quantitative estimate of drug-likeness (QED) is 0.729. The van der Waals surface area contributed by atoms with Crippen LogP contribution in [0.15, 0.2) is 12.4 Å². The van der Waals surface area contributed by atoms with Gasteiger partial charge in [-0.05, 0) is 0 Å². The van der Waals surface area contributed by atoms with Gasteiger partial charge >= 0.3 is 0 Å². The van der Waals surface area contributed by atoms with Crippen molar-refractivity contribution in [3.8, 4) is 11.5 Å². The van der Waals surface area contributed by atoms with Crippen LogP contribution in [0.4, 0.5) is 8.78 Å². The first-order chi connectivity index (χ1) is 6.20. The molecule has 5 heteroatoms. The van der Waals surface area contributed by atoms with E-state index in [0.717, 1.165) is 0 Å². The molecule has 0 atom stereocenters. The van der Waals surface area contributed by atoms with Crippen molar-refractivity contribution in [3.05, 3.63) is 18.0 Å². The normalized spacial score (nSPS) is 10.2. The van der Waals surface area contributed by atoms with Crippen molar-refractivity contribution in [3.63, 3.8) is 0 Å². The fourth-order valence-electron chi connectivity index (χ4n) is 0.974. The average molecular weight is 189 g/mol. The van der Waals surface area contributed by atoms with Gasteiger partial charge in [0.05, 0.1) is 26.6 Å². The molecule has 0 aliphatic carbocycles. The van der Waals surface area contributed by atoms with Crippen LogP contribution in [0.1, 0.15) is 12.0 Å². The zero-order valence-electron chi connectivity index (χ0n) is 7.25. The number of halogens is 2. The van der Waals surface area contributed by atoms with Crippen molar-refractivity contribution in [2.45, 2.75) is 6.43 Å². The lowest BCUT2D eigenvalue weighted by Gasteiger charge is -2.10. The van der Waals surface area contributed by atoms with E-state index in [2.05, 4.69) is 4.98 Å². The largest absolute Gasteiger partial charge is 0.494 e. The van der Waals surface area contributed by atoms with Crippen molar-refractivity contribution in [2.75, 3.05) is 14.2 Å². The third-order valence-electron chi connectivity index (χ3n) is 1.57. The molecule has 0 fully saturated rings. The first-order valence-corrected chi connectivity index (χ1v) is 3.54. The minimum Gasteiger partial charge on any atom is -0.494 e. The van der Waals surface area contributed by atoms with Crippen LogP contribution < -0.4 is 9.47 Å². The van der Waals surface area contributed by atoms with Crippen LogP contribution in [-0.2, 0) is 0 Å². The minimum absolute atomic E-state index is 0.0364. The van der Waals surface area contributed by atoms with E-state index in [1.54, 1.807) is 0 Å². The van der Waals surface area contributed by atoms with Gasteiger partial charge in [0, 0.05) is 0 Å². The van der Waals surface area contributed by atoms with Crippen molar-refractivity contribution < 1.29 is 18.3 Å². The summed E-state index contributed by atoms with van der Waals surface area (Å²) in [5.41, 5.74) is -0.264. The molecule has 0 radical (unpaired) electrons. The van der Waals surface area contributed by atoms with Crippen LogP contribution in [0.3, 0.4) is 0 Å². The number of aromatic nitrogens is 1. The van der Waals surface area contributed by atoms with E-state index in [0.29, 0.717) is 0 Å². The van der Waals surface area contributed by atoms with Crippen LogP contribution >= 0.6 is 0 Å². The van der Waals surface area contributed by atoms with Gasteiger partial charge in [-0.25, -0.2) is 8.78 Å². The Kier molecular flexibility index (Phi) is 3.00. The van der Waals surface area contributed by atoms with Crippen molar-refractivity contribution >= 4 is 0 Å². The van der Waals surface area contributed by atoms with E-state index < -0.39 is 6.43 Å². The number of pyridine rings is 1. The first kappa shape index (κ1) is 9.70. The van der Waals surface area contributed by atoms with E-state index in [9.17, 15) is 8.78 Å². The SMILES string of the molecule is COc1cncc(OC)c1C(F)F. The van der Waals surface area contributed by atoms with Gasteiger partial charge in [-0.2, -0.15) is 0 Å². The van der Waals surface area contributed by atoms with Gasteiger partial charge < -0.3 is 9.47 Å². The molecular formula is C8H9F2NO2. The Hall–Kier alpha value is -1.39. The molecule has 1 heterocycles. The highest BCUT2D eigenvalue weighted by Gasteiger charge is 2.19. The van der Waals surface area contributed by atoms with E-state index in [-0.39, 0.29) is 17.1 Å². The molecule has 0 saturated carbocycles. The Labute approximate surface area is 74.3 Å². The summed E-state index contributed by atoms with van der Waals surface area (Å²) in [4.78, 5) is 3.69. The highest BCUT2D eigenvalue weighted by molar-refractivity contribution is 5.42. The molecular weight excluding hydrogens is 180 g/mol. The van der Waals surface area contributed by atoms with E-state index in [4.69, 9.17) is 9.47 Å². The van der Waals surface area contributed by atoms with E-state index in [1.807, 2.05) is 0 Å². The van der Waals surface area contributed by atoms with E-state index >= 15 is 0 Å². The molecule has 3 nitrogen and oxygen atoms in total. The molecule has 0 aliphatic heterocycles. The van der Waals surface area contributed by atoms with E-state index in [1.165, 1.54) is 26.6 Å². The van der Waals surface area contributed by atoms with Gasteiger partial charge in [0.25, 0.3) is 6.43 Å². The number of methoxy groups -OCH3 is 2. The molecule has 0 aliphatic rings. The summed E-state index contributed by atoms with van der Waals surface area (Å²) >= 11 is 0. The third kappa shape index (κ3) is 1.85. The molecule has 0 amide bonds. The van der Waals surface area contributed by atoms with Gasteiger partial charge in [-0.15, -0.1) is 0 Å². The molecule has 0 unspecified atom stereocenters. The monoisotopic (exact) mass is 189 g/mol. The molecule has 72 valence electrons. The zero-order valence-corrected chi connectivity index (χ0v) is 7.25. The molecule has 0 aromatic carbocycles. The molecule has 13 heavy (non-hydrogen) atoms. The van der Waals surface area contributed by atoms with Crippen LogP contribution in [0, 0.1) is 0 Å². The summed E-state index contributed by atoms with van der Waals surface area (Å²) in [5, 5.41) is 0. The third-order valence-corrected chi connectivity index (χ3v) is 1.57. The van der Waals surface area contributed by atoms with Gasteiger partial charge in [0.1, 0.15) is 17.1 Å². The Morgan fingerprint density at radius 3 is 1.92 bits per heavy atom. The Bertz CT molecular complexity index is 269. The van der Waals surface area contributed by atoms with Crippen LogP contribution in [-0.4, -0.2) is 19.2 Å². The number of alkyl halides is 2. The maximum Gasteiger partial charge on any atom is 0.271 e. The summed E-state index contributed by atoms with van der Waals surface area (Å²) in [6.07, 6.45) is -0.179. The van der Waals surface area contributed by atoms with Crippen LogP contribution in [0.5, 0.6) is 11.5 Å². The number of nitrogens with zero attached hydrogens (tertiary/aromatic N) is 1. The second-order valence-corrected chi connectivity index (χ2v) is 2.26. The standard InChI is InChI=1S/C8H9F2NO2/c1-12-5-3-11-4-6(13-2)7(5)8(9)10/h3-4,8H,1-2H3. The Morgan fingerprint density at radius 1 is 1.15 bits per heavy atom. The molecule has 0 bridgehead atoms. The lowest BCUT2D eigenvalue weighted by molar-refractivity contribution is 0.142. The molecule has 1 aromatic heterocycles. The summed E-state index contributed by atoms with van der Waals surface area (Å²) in [5.74, 6) is 0.0729. The van der Waals surface area contributed by atoms with Crippen molar-refractivity contribution in [2.24, 2.45) is 0 Å². The predicted octanol–water partition coefficient (Wildman–Crippen LogP) is 2.04. The predicted molar refractivity (Wildman–Crippen MR) is 42.3 cm³/mol. The number of ether oxygens (including phenoxy) is 2. The fraction of sp³-hybridized carbons (Fsp3) is 0.375. The second-order valence-electron chi connectivity index (χ2n) is 2.26. The maximum absolute atomic E-state index is 12.5. The topological polar surface area (TPSA) is 31.4 Å². The Morgan fingerprint density at radius 2 is 1.62 bits per heavy atom. The number of rotatable bonds is 3. The fourth-order valence-corrected chi connectivity index (χ4v) is 0.974. The molecule has 0 N–H and O–H groups in total. The summed E-state index contributed by atoms with van der Waals surface area (Å²) in [7, 11) is 2.62. The molecule has 0 spiro atoms. The highest BCUT2D eigenvalue weighted by atomic mass is 19.3. The number of hydrogen-bond donors (Lipinski definition) is 0. The average Bonchev–Trinajstić information content (AvgIpc) is 2.16. The van der Waals surface area contributed by atoms with Crippen molar-refractivity contribution in [1.82, 2.24) is 4.98 Å². The Balaban J connectivity index is 3.21. The molecule has 1 aromatic rings. The van der Waals surface area contributed by atoms with Crippen LogP contribution in [0.2, 0.25) is 0 Å². The lowest BCUT2D eigenvalue weighted by atomic mass is 10.2. The van der Waals surface area contributed by atoms with Gasteiger partial charge in [-0.3, -0.25) is 4.98 Å². The second kappa shape index (κ2) is 4.02.